The van der Waals surface area contributed by atoms with Crippen molar-refractivity contribution in [1.82, 2.24) is 0 Å². The van der Waals surface area contributed by atoms with Gasteiger partial charge in [-0.05, 0) is 17.7 Å². The summed E-state index contributed by atoms with van der Waals surface area (Å²) < 4.78 is 33.0. The summed E-state index contributed by atoms with van der Waals surface area (Å²) in [5.74, 6) is -1.05. The highest BCUT2D eigenvalue weighted by Crippen LogP contribution is 2.29. The molecular weight excluding hydrogens is 222 g/mol. The molecule has 0 saturated carbocycles. The van der Waals surface area contributed by atoms with Crippen molar-refractivity contribution in [3.8, 4) is 11.5 Å². The van der Waals surface area contributed by atoms with Crippen LogP contribution in [-0.2, 0) is 11.2 Å². The Balaban J connectivity index is 2.92. The third-order valence-electron chi connectivity index (χ3n) is 1.80. The summed E-state index contributed by atoms with van der Waals surface area (Å²) in [5.41, 5.74) is 0.450. The molecule has 0 aliphatic carbocycles. The maximum atomic E-state index is 12.0. The van der Waals surface area contributed by atoms with Crippen LogP contribution in [0.2, 0.25) is 0 Å². The fourth-order valence-electron chi connectivity index (χ4n) is 1.19. The lowest BCUT2D eigenvalue weighted by Crippen LogP contribution is -2.05. The molecule has 1 N–H and O–H groups in total. The van der Waals surface area contributed by atoms with Crippen LogP contribution in [0.15, 0.2) is 18.2 Å². The Morgan fingerprint density at radius 1 is 1.44 bits per heavy atom. The van der Waals surface area contributed by atoms with Gasteiger partial charge in [-0.2, -0.15) is 8.78 Å². The highest BCUT2D eigenvalue weighted by atomic mass is 19.3. The van der Waals surface area contributed by atoms with Gasteiger partial charge in [0.15, 0.2) is 11.5 Å². The molecule has 0 amide bonds. The zero-order valence-electron chi connectivity index (χ0n) is 8.44. The zero-order valence-corrected chi connectivity index (χ0v) is 8.44. The predicted octanol–water partition coefficient (Wildman–Crippen LogP) is 1.92. The number of halogens is 2. The molecular formula is C10H10F2O4. The fourth-order valence-corrected chi connectivity index (χ4v) is 1.19. The molecule has 0 aliphatic heterocycles. The lowest BCUT2D eigenvalue weighted by Gasteiger charge is -2.10. The maximum absolute atomic E-state index is 12.0. The largest absolute Gasteiger partial charge is 0.493 e. The molecule has 1 rings (SSSR count). The first kappa shape index (κ1) is 12.2. The Kier molecular flexibility index (Phi) is 4.04. The molecule has 0 aromatic heterocycles. The number of methoxy groups -OCH3 is 1. The van der Waals surface area contributed by atoms with Crippen molar-refractivity contribution in [2.24, 2.45) is 0 Å². The van der Waals surface area contributed by atoms with Crippen molar-refractivity contribution < 1.29 is 28.2 Å². The van der Waals surface area contributed by atoms with Crippen LogP contribution < -0.4 is 9.47 Å². The molecule has 0 spiro atoms. The number of rotatable bonds is 5. The third kappa shape index (κ3) is 3.38. The van der Waals surface area contributed by atoms with Gasteiger partial charge in [0.25, 0.3) is 0 Å². The fraction of sp³-hybridized carbons (Fsp3) is 0.300. The Hall–Kier alpha value is -1.85. The molecule has 6 heteroatoms. The average Bonchev–Trinajstić information content (AvgIpc) is 2.18. The molecule has 16 heavy (non-hydrogen) atoms. The normalized spacial score (nSPS) is 10.2. The van der Waals surface area contributed by atoms with Crippen molar-refractivity contribution >= 4 is 5.97 Å². The molecule has 88 valence electrons. The van der Waals surface area contributed by atoms with Crippen LogP contribution in [0.4, 0.5) is 8.78 Å². The summed E-state index contributed by atoms with van der Waals surface area (Å²) in [6, 6.07) is 4.00. The smallest absolute Gasteiger partial charge is 0.387 e. The second-order valence-electron chi connectivity index (χ2n) is 2.93. The van der Waals surface area contributed by atoms with Crippen LogP contribution in [0.1, 0.15) is 5.56 Å². The summed E-state index contributed by atoms with van der Waals surface area (Å²) >= 11 is 0. The van der Waals surface area contributed by atoms with E-state index in [-0.39, 0.29) is 17.9 Å². The van der Waals surface area contributed by atoms with Gasteiger partial charge >= 0.3 is 12.6 Å². The van der Waals surface area contributed by atoms with E-state index in [0.29, 0.717) is 5.56 Å². The first-order chi connectivity index (χ1) is 7.52. The number of carboxylic acid groups (broad SMARTS) is 1. The summed E-state index contributed by atoms with van der Waals surface area (Å²) in [6.07, 6.45) is -0.203. The quantitative estimate of drug-likeness (QED) is 0.842. The van der Waals surface area contributed by atoms with Crippen molar-refractivity contribution in [2.75, 3.05) is 7.11 Å². The topological polar surface area (TPSA) is 55.8 Å². The molecule has 0 saturated heterocycles. The van der Waals surface area contributed by atoms with Gasteiger partial charge in [-0.1, -0.05) is 6.07 Å². The van der Waals surface area contributed by atoms with E-state index in [1.54, 1.807) is 0 Å². The Morgan fingerprint density at radius 2 is 2.12 bits per heavy atom. The maximum Gasteiger partial charge on any atom is 0.387 e. The summed E-state index contributed by atoms with van der Waals surface area (Å²) in [7, 11) is 1.29. The summed E-state index contributed by atoms with van der Waals surface area (Å²) in [4.78, 5) is 10.4. The molecule has 0 atom stereocenters. The number of hydrogen-bond acceptors (Lipinski definition) is 3. The number of carbonyl (C=O) groups is 1. The van der Waals surface area contributed by atoms with Crippen LogP contribution in [0.5, 0.6) is 11.5 Å². The minimum atomic E-state index is -2.95. The molecule has 1 aromatic carbocycles. The molecule has 1 aromatic rings. The molecule has 0 aliphatic rings. The molecule has 0 unspecified atom stereocenters. The SMILES string of the molecule is COc1cc(CC(=O)O)ccc1OC(F)F. The Labute approximate surface area is 90.4 Å². The molecule has 0 fully saturated rings. The molecule has 0 heterocycles. The van der Waals surface area contributed by atoms with Crippen molar-refractivity contribution in [3.63, 3.8) is 0 Å². The minimum absolute atomic E-state index is 0.0825. The van der Waals surface area contributed by atoms with E-state index in [0.717, 1.165) is 0 Å². The van der Waals surface area contributed by atoms with Gasteiger partial charge in [0.05, 0.1) is 13.5 Å². The van der Waals surface area contributed by atoms with E-state index in [2.05, 4.69) is 4.74 Å². The van der Waals surface area contributed by atoms with Crippen molar-refractivity contribution in [2.45, 2.75) is 13.0 Å². The van der Waals surface area contributed by atoms with E-state index < -0.39 is 12.6 Å². The van der Waals surface area contributed by atoms with Gasteiger partial charge in [-0.25, -0.2) is 0 Å². The second kappa shape index (κ2) is 5.29. The van der Waals surface area contributed by atoms with E-state index in [9.17, 15) is 13.6 Å². The van der Waals surface area contributed by atoms with E-state index >= 15 is 0 Å². The minimum Gasteiger partial charge on any atom is -0.493 e. The molecule has 4 nitrogen and oxygen atoms in total. The summed E-state index contributed by atoms with van der Waals surface area (Å²) in [6.45, 7) is -2.95. The molecule has 0 bridgehead atoms. The predicted molar refractivity (Wildman–Crippen MR) is 51.0 cm³/mol. The Morgan fingerprint density at radius 3 is 2.62 bits per heavy atom. The van der Waals surface area contributed by atoms with Crippen molar-refractivity contribution in [3.05, 3.63) is 23.8 Å². The number of benzene rings is 1. The van der Waals surface area contributed by atoms with Gasteiger partial charge in [0.1, 0.15) is 0 Å². The van der Waals surface area contributed by atoms with Gasteiger partial charge in [-0.3, -0.25) is 4.79 Å². The molecule has 0 radical (unpaired) electrons. The number of carboxylic acids is 1. The average molecular weight is 232 g/mol. The summed E-state index contributed by atoms with van der Waals surface area (Å²) in [5, 5.41) is 8.55. The monoisotopic (exact) mass is 232 g/mol. The van der Waals surface area contributed by atoms with Crippen LogP contribution in [0.3, 0.4) is 0 Å². The number of ether oxygens (including phenoxy) is 2. The van der Waals surface area contributed by atoms with E-state index in [4.69, 9.17) is 9.84 Å². The number of alkyl halides is 2. The van der Waals surface area contributed by atoms with Gasteiger partial charge in [-0.15, -0.1) is 0 Å². The van der Waals surface area contributed by atoms with E-state index in [1.165, 1.54) is 25.3 Å². The third-order valence-corrected chi connectivity index (χ3v) is 1.80. The second-order valence-corrected chi connectivity index (χ2v) is 2.93. The van der Waals surface area contributed by atoms with Crippen LogP contribution >= 0.6 is 0 Å². The van der Waals surface area contributed by atoms with Crippen LogP contribution in [-0.4, -0.2) is 24.8 Å². The van der Waals surface area contributed by atoms with Crippen LogP contribution in [0, 0.1) is 0 Å². The highest BCUT2D eigenvalue weighted by Gasteiger charge is 2.11. The van der Waals surface area contributed by atoms with Crippen LogP contribution in [0.25, 0.3) is 0 Å². The first-order valence-corrected chi connectivity index (χ1v) is 4.36. The highest BCUT2D eigenvalue weighted by molar-refractivity contribution is 5.70. The van der Waals surface area contributed by atoms with Crippen molar-refractivity contribution in [1.29, 1.82) is 0 Å². The van der Waals surface area contributed by atoms with Gasteiger partial charge in [0, 0.05) is 0 Å². The zero-order chi connectivity index (χ0) is 12.1. The van der Waals surface area contributed by atoms with Gasteiger partial charge < -0.3 is 14.6 Å². The Bertz CT molecular complexity index is 379. The standard InChI is InChI=1S/C10H10F2O4/c1-15-8-4-6(5-9(13)14)2-3-7(8)16-10(11)12/h2-4,10H,5H2,1H3,(H,13,14). The van der Waals surface area contributed by atoms with E-state index in [1.807, 2.05) is 0 Å². The van der Waals surface area contributed by atoms with Gasteiger partial charge in [0.2, 0.25) is 0 Å². The lowest BCUT2D eigenvalue weighted by atomic mass is 10.1. The first-order valence-electron chi connectivity index (χ1n) is 4.36. The number of aliphatic carboxylic acids is 1. The lowest BCUT2D eigenvalue weighted by molar-refractivity contribution is -0.136. The number of hydrogen-bond donors (Lipinski definition) is 1.